The smallest absolute Gasteiger partial charge is 0.247 e. The van der Waals surface area contributed by atoms with Gasteiger partial charge in [0, 0.05) is 12.4 Å². The first-order valence-electron chi connectivity index (χ1n) is 9.16. The van der Waals surface area contributed by atoms with Gasteiger partial charge in [-0.3, -0.25) is 4.68 Å². The largest absolute Gasteiger partial charge is 0.320 e. The highest BCUT2D eigenvalue weighted by Gasteiger charge is 2.16. The van der Waals surface area contributed by atoms with Crippen LogP contribution in [0.15, 0.2) is 41.4 Å². The second-order valence-corrected chi connectivity index (χ2v) is 7.64. The van der Waals surface area contributed by atoms with E-state index in [4.69, 9.17) is 0 Å². The van der Waals surface area contributed by atoms with E-state index in [2.05, 4.69) is 52.1 Å². The third-order valence-electron chi connectivity index (χ3n) is 4.77. The zero-order chi connectivity index (χ0) is 18.9. The third-order valence-corrected chi connectivity index (χ3v) is 5.39. The summed E-state index contributed by atoms with van der Waals surface area (Å²) in [7, 11) is 0. The van der Waals surface area contributed by atoms with Gasteiger partial charge in [-0.1, -0.05) is 5.21 Å². The van der Waals surface area contributed by atoms with E-state index in [9.17, 15) is 0 Å². The number of anilines is 2. The summed E-state index contributed by atoms with van der Waals surface area (Å²) in [6.07, 6.45) is 9.70. The second kappa shape index (κ2) is 8.47. The van der Waals surface area contributed by atoms with Crippen LogP contribution in [0, 0.1) is 0 Å². The third kappa shape index (κ3) is 4.26. The molecule has 0 atom stereocenters. The average molecular weight is 480 g/mol. The van der Waals surface area contributed by atoms with Crippen molar-refractivity contribution in [3.63, 3.8) is 0 Å². The van der Waals surface area contributed by atoms with Crippen molar-refractivity contribution >= 4 is 45.6 Å². The summed E-state index contributed by atoms with van der Waals surface area (Å²) >= 11 is 3.48. The standard InChI is InChI=1S/C17H19BrN10.ClH/c18-15-2-1-7-27-16(15)22-17(24-27)21-12-8-20-26(9-12)10-13-11-28(25-23-13)14-3-5-19-6-4-14;/h1-2,7-9,11,14,19H,3-6,10H2,(H,21,24);1H. The molecule has 5 rings (SSSR count). The molecule has 2 N–H and O–H groups in total. The minimum absolute atomic E-state index is 0. The summed E-state index contributed by atoms with van der Waals surface area (Å²) in [5.74, 6) is 0.517. The van der Waals surface area contributed by atoms with Crippen LogP contribution in [0.25, 0.3) is 5.65 Å². The van der Waals surface area contributed by atoms with Crippen LogP contribution in [-0.4, -0.2) is 52.5 Å². The van der Waals surface area contributed by atoms with Crippen LogP contribution in [0.5, 0.6) is 0 Å². The summed E-state index contributed by atoms with van der Waals surface area (Å²) in [5, 5.41) is 24.0. The van der Waals surface area contributed by atoms with E-state index in [1.807, 2.05) is 40.1 Å². The molecule has 12 heteroatoms. The normalized spacial score (nSPS) is 14.8. The molecular formula is C17H20BrClN10. The lowest BCUT2D eigenvalue weighted by atomic mass is 10.1. The number of nitrogens with zero attached hydrogens (tertiary/aromatic N) is 8. The Morgan fingerprint density at radius 2 is 2.10 bits per heavy atom. The highest BCUT2D eigenvalue weighted by molar-refractivity contribution is 9.10. The van der Waals surface area contributed by atoms with E-state index in [0.717, 1.165) is 47.4 Å². The highest BCUT2D eigenvalue weighted by atomic mass is 79.9. The quantitative estimate of drug-likeness (QED) is 0.453. The molecule has 1 aliphatic rings. The van der Waals surface area contributed by atoms with E-state index >= 15 is 0 Å². The molecule has 1 fully saturated rings. The molecule has 1 aliphatic heterocycles. The Morgan fingerprint density at radius 1 is 1.24 bits per heavy atom. The Balaban J connectivity index is 0.00000205. The number of pyridine rings is 1. The SMILES string of the molecule is Brc1cccn2nc(Nc3cnn(Cc4cn(C5CCNCC5)nn4)c3)nc12.Cl. The number of fused-ring (bicyclic) bond motifs is 1. The molecule has 10 nitrogen and oxygen atoms in total. The maximum Gasteiger partial charge on any atom is 0.247 e. The van der Waals surface area contributed by atoms with Crippen molar-refractivity contribution in [2.45, 2.75) is 25.4 Å². The summed E-state index contributed by atoms with van der Waals surface area (Å²) in [4.78, 5) is 4.48. The summed E-state index contributed by atoms with van der Waals surface area (Å²) in [6, 6.07) is 4.27. The number of piperidine rings is 1. The van der Waals surface area contributed by atoms with E-state index in [-0.39, 0.29) is 12.4 Å². The average Bonchev–Trinajstić information content (AvgIpc) is 3.44. The van der Waals surface area contributed by atoms with Gasteiger partial charge >= 0.3 is 0 Å². The summed E-state index contributed by atoms with van der Waals surface area (Å²) < 4.78 is 6.42. The van der Waals surface area contributed by atoms with Crippen LogP contribution >= 0.6 is 28.3 Å². The fourth-order valence-electron chi connectivity index (χ4n) is 3.37. The predicted molar refractivity (Wildman–Crippen MR) is 114 cm³/mol. The van der Waals surface area contributed by atoms with Crippen molar-refractivity contribution in [1.29, 1.82) is 0 Å². The number of halogens is 2. The van der Waals surface area contributed by atoms with Crippen molar-refractivity contribution < 1.29 is 0 Å². The predicted octanol–water partition coefficient (Wildman–Crippen LogP) is 2.42. The molecule has 4 aromatic rings. The second-order valence-electron chi connectivity index (χ2n) is 6.78. The molecule has 0 radical (unpaired) electrons. The van der Waals surface area contributed by atoms with Gasteiger partial charge in [0.1, 0.15) is 5.69 Å². The molecule has 0 spiro atoms. The topological polar surface area (TPSA) is 103 Å². The first-order valence-corrected chi connectivity index (χ1v) is 9.96. The lowest BCUT2D eigenvalue weighted by Crippen LogP contribution is -2.29. The van der Waals surface area contributed by atoms with E-state index in [0.29, 0.717) is 18.5 Å². The minimum Gasteiger partial charge on any atom is -0.320 e. The van der Waals surface area contributed by atoms with Crippen LogP contribution in [0.4, 0.5) is 11.6 Å². The molecule has 1 saturated heterocycles. The first kappa shape index (κ1) is 19.8. The van der Waals surface area contributed by atoms with Crippen LogP contribution < -0.4 is 10.6 Å². The number of rotatable bonds is 5. The summed E-state index contributed by atoms with van der Waals surface area (Å²) in [5.41, 5.74) is 2.47. The molecule has 0 amide bonds. The molecule has 4 aromatic heterocycles. The van der Waals surface area contributed by atoms with Crippen molar-refractivity contribution in [3.05, 3.63) is 47.1 Å². The van der Waals surface area contributed by atoms with Gasteiger partial charge in [0.15, 0.2) is 5.65 Å². The molecule has 0 bridgehead atoms. The van der Waals surface area contributed by atoms with Crippen LogP contribution in [0.1, 0.15) is 24.6 Å². The van der Waals surface area contributed by atoms with Gasteiger partial charge in [0.25, 0.3) is 0 Å². The van der Waals surface area contributed by atoms with Gasteiger partial charge in [-0.25, -0.2) is 9.20 Å². The lowest BCUT2D eigenvalue weighted by molar-refractivity contribution is 0.337. The molecule has 152 valence electrons. The van der Waals surface area contributed by atoms with E-state index in [1.54, 1.807) is 10.7 Å². The summed E-state index contributed by atoms with van der Waals surface area (Å²) in [6.45, 7) is 2.63. The Bertz CT molecular complexity index is 1100. The first-order chi connectivity index (χ1) is 13.7. The Kier molecular flexibility index (Phi) is 5.79. The van der Waals surface area contributed by atoms with Crippen LogP contribution in [0.2, 0.25) is 0 Å². The maximum absolute atomic E-state index is 4.48. The Morgan fingerprint density at radius 3 is 2.93 bits per heavy atom. The van der Waals surface area contributed by atoms with Crippen molar-refractivity contribution in [2.24, 2.45) is 0 Å². The Labute approximate surface area is 181 Å². The van der Waals surface area contributed by atoms with E-state index in [1.165, 1.54) is 0 Å². The van der Waals surface area contributed by atoms with Crippen LogP contribution in [-0.2, 0) is 6.54 Å². The maximum atomic E-state index is 4.48. The van der Waals surface area contributed by atoms with Crippen molar-refractivity contribution in [3.8, 4) is 0 Å². The van der Waals surface area contributed by atoms with Gasteiger partial charge < -0.3 is 10.6 Å². The van der Waals surface area contributed by atoms with Gasteiger partial charge in [0.05, 0.1) is 35.1 Å². The van der Waals surface area contributed by atoms with Gasteiger partial charge in [0.2, 0.25) is 5.95 Å². The molecule has 0 aromatic carbocycles. The van der Waals surface area contributed by atoms with Crippen LogP contribution in [0.3, 0.4) is 0 Å². The van der Waals surface area contributed by atoms with Gasteiger partial charge in [-0.15, -0.1) is 22.6 Å². The fourth-order valence-corrected chi connectivity index (χ4v) is 3.79. The number of nitrogens with one attached hydrogen (secondary N) is 2. The Hall–Kier alpha value is -2.50. The molecule has 29 heavy (non-hydrogen) atoms. The molecule has 5 heterocycles. The number of hydrogen-bond donors (Lipinski definition) is 2. The molecule has 0 saturated carbocycles. The zero-order valence-corrected chi connectivity index (χ0v) is 17.8. The van der Waals surface area contributed by atoms with Gasteiger partial charge in [-0.05, 0) is 54.0 Å². The number of aromatic nitrogens is 8. The minimum atomic E-state index is 0. The highest BCUT2D eigenvalue weighted by Crippen LogP contribution is 2.20. The van der Waals surface area contributed by atoms with Crippen molar-refractivity contribution in [1.82, 2.24) is 44.7 Å². The van der Waals surface area contributed by atoms with E-state index < -0.39 is 0 Å². The zero-order valence-electron chi connectivity index (χ0n) is 15.4. The monoisotopic (exact) mass is 478 g/mol. The molecule has 0 unspecified atom stereocenters. The lowest BCUT2D eigenvalue weighted by Gasteiger charge is -2.22. The number of hydrogen-bond acceptors (Lipinski definition) is 7. The van der Waals surface area contributed by atoms with Gasteiger partial charge in [-0.2, -0.15) is 10.1 Å². The molecule has 0 aliphatic carbocycles. The van der Waals surface area contributed by atoms with Crippen molar-refractivity contribution in [2.75, 3.05) is 18.4 Å². The fraction of sp³-hybridized carbons (Fsp3) is 0.353. The molecular weight excluding hydrogens is 460 g/mol.